The summed E-state index contributed by atoms with van der Waals surface area (Å²) in [6.45, 7) is 2.12. The highest BCUT2D eigenvalue weighted by Gasteiger charge is 2.15. The molecule has 0 atom stereocenters. The first-order valence-corrected chi connectivity index (χ1v) is 12.2. The van der Waals surface area contributed by atoms with Crippen molar-refractivity contribution in [3.05, 3.63) is 80.7 Å². The second-order valence-corrected chi connectivity index (χ2v) is 9.26. The predicted octanol–water partition coefficient (Wildman–Crippen LogP) is 5.83. The van der Waals surface area contributed by atoms with E-state index in [1.54, 1.807) is 22.7 Å². The zero-order valence-electron chi connectivity index (χ0n) is 17.5. The molecule has 1 N–H and O–H groups in total. The molecule has 2 heterocycles. The number of benzene rings is 1. The predicted molar refractivity (Wildman–Crippen MR) is 126 cm³/mol. The minimum Gasteiger partial charge on any atom is -0.450 e. The molecule has 3 rings (SSSR count). The van der Waals surface area contributed by atoms with Crippen molar-refractivity contribution in [1.29, 1.82) is 0 Å². The van der Waals surface area contributed by atoms with Crippen LogP contribution in [0.3, 0.4) is 0 Å². The highest BCUT2D eigenvalue weighted by molar-refractivity contribution is 7.10. The zero-order valence-corrected chi connectivity index (χ0v) is 19.1. The number of unbranched alkanes of at least 4 members (excludes halogenated alkanes) is 2. The van der Waals surface area contributed by atoms with Crippen LogP contribution in [0.25, 0.3) is 0 Å². The van der Waals surface area contributed by atoms with Gasteiger partial charge in [-0.15, -0.1) is 22.7 Å². The average Bonchev–Trinajstić information content (AvgIpc) is 3.49. The second-order valence-electron chi connectivity index (χ2n) is 7.19. The fourth-order valence-corrected chi connectivity index (χ4v) is 4.55. The number of alkyl carbamates (subject to hydrolysis) is 1. The molecule has 0 aliphatic rings. The fraction of sp³-hybridized carbons (Fsp3) is 0.333. The molecule has 0 spiro atoms. The molecular weight excluding hydrogens is 428 g/mol. The van der Waals surface area contributed by atoms with E-state index in [-0.39, 0.29) is 5.91 Å². The molecule has 0 saturated carbocycles. The number of ether oxygens (including phenoxy) is 1. The Morgan fingerprint density at radius 1 is 0.839 bits per heavy atom. The summed E-state index contributed by atoms with van der Waals surface area (Å²) < 4.78 is 5.22. The summed E-state index contributed by atoms with van der Waals surface area (Å²) in [5.74, 6) is 0.170. The van der Waals surface area contributed by atoms with E-state index in [1.165, 1.54) is 9.75 Å². The maximum absolute atomic E-state index is 12.8. The van der Waals surface area contributed by atoms with Gasteiger partial charge in [0.1, 0.15) is 0 Å². The molecule has 0 radical (unpaired) electrons. The van der Waals surface area contributed by atoms with E-state index in [0.717, 1.165) is 24.8 Å². The summed E-state index contributed by atoms with van der Waals surface area (Å²) in [5.41, 5.74) is 1.03. The van der Waals surface area contributed by atoms with E-state index in [4.69, 9.17) is 4.74 Å². The normalized spacial score (nSPS) is 10.6. The maximum Gasteiger partial charge on any atom is 0.407 e. The number of nitrogens with zero attached hydrogens (tertiary/aromatic N) is 1. The largest absolute Gasteiger partial charge is 0.450 e. The highest BCUT2D eigenvalue weighted by atomic mass is 32.1. The van der Waals surface area contributed by atoms with Crippen LogP contribution in [-0.2, 0) is 29.2 Å². The Labute approximate surface area is 191 Å². The van der Waals surface area contributed by atoms with Crippen molar-refractivity contribution < 1.29 is 14.3 Å². The Balaban J connectivity index is 1.31. The molecule has 0 aliphatic heterocycles. The molecule has 2 aromatic heterocycles. The number of hydrogen-bond acceptors (Lipinski definition) is 5. The Hall–Kier alpha value is -2.64. The van der Waals surface area contributed by atoms with Crippen LogP contribution in [0, 0.1) is 0 Å². The van der Waals surface area contributed by atoms with Crippen LogP contribution in [0.5, 0.6) is 0 Å². The standard InChI is InChI=1S/C24H28N2O3S2/c27-23(26(18-21-11-7-15-30-21)19-22-12-8-16-31-22)13-5-2-6-14-29-24(28)25-17-20-9-3-1-4-10-20/h1,3-4,7-12,15-16H,2,5-6,13-14,17-19H2,(H,25,28). The number of thiophene rings is 2. The van der Waals surface area contributed by atoms with Gasteiger partial charge in [0.15, 0.2) is 0 Å². The summed E-state index contributed by atoms with van der Waals surface area (Å²) in [7, 11) is 0. The molecule has 164 valence electrons. The van der Waals surface area contributed by atoms with Crippen LogP contribution >= 0.6 is 22.7 Å². The highest BCUT2D eigenvalue weighted by Crippen LogP contribution is 2.18. The molecule has 31 heavy (non-hydrogen) atoms. The van der Waals surface area contributed by atoms with Crippen molar-refractivity contribution in [1.82, 2.24) is 10.2 Å². The number of amides is 2. The molecule has 0 aliphatic carbocycles. The lowest BCUT2D eigenvalue weighted by molar-refractivity contribution is -0.132. The maximum atomic E-state index is 12.8. The van der Waals surface area contributed by atoms with E-state index in [0.29, 0.717) is 32.7 Å². The number of carbonyl (C=O) groups is 2. The van der Waals surface area contributed by atoms with Crippen LogP contribution in [-0.4, -0.2) is 23.5 Å². The zero-order chi connectivity index (χ0) is 21.7. The monoisotopic (exact) mass is 456 g/mol. The van der Waals surface area contributed by atoms with Gasteiger partial charge in [-0.05, 0) is 47.7 Å². The van der Waals surface area contributed by atoms with E-state index in [9.17, 15) is 9.59 Å². The van der Waals surface area contributed by atoms with Crippen molar-refractivity contribution in [3.8, 4) is 0 Å². The molecule has 7 heteroatoms. The van der Waals surface area contributed by atoms with Crippen LogP contribution < -0.4 is 5.32 Å². The summed E-state index contributed by atoms with van der Waals surface area (Å²) in [4.78, 5) is 28.9. The molecule has 0 saturated heterocycles. The smallest absolute Gasteiger partial charge is 0.407 e. The van der Waals surface area contributed by atoms with Gasteiger partial charge < -0.3 is 15.0 Å². The topological polar surface area (TPSA) is 58.6 Å². The first-order chi connectivity index (χ1) is 15.2. The Morgan fingerprint density at radius 3 is 2.13 bits per heavy atom. The third-order valence-corrected chi connectivity index (χ3v) is 6.48. The van der Waals surface area contributed by atoms with Gasteiger partial charge in [-0.1, -0.05) is 42.5 Å². The summed E-state index contributed by atoms with van der Waals surface area (Å²) >= 11 is 3.35. The van der Waals surface area contributed by atoms with Gasteiger partial charge in [0.2, 0.25) is 5.91 Å². The quantitative estimate of drug-likeness (QED) is 0.349. The summed E-state index contributed by atoms with van der Waals surface area (Å²) in [6.07, 6.45) is 2.50. The Kier molecular flexibility index (Phi) is 9.60. The SMILES string of the molecule is O=C(NCc1ccccc1)OCCCCCC(=O)N(Cc1cccs1)Cc1cccs1. The van der Waals surface area contributed by atoms with Crippen LogP contribution in [0.1, 0.15) is 41.0 Å². The Bertz CT molecular complexity index is 860. The van der Waals surface area contributed by atoms with Gasteiger partial charge >= 0.3 is 6.09 Å². The van der Waals surface area contributed by atoms with Crippen molar-refractivity contribution in [2.45, 2.75) is 45.3 Å². The van der Waals surface area contributed by atoms with Crippen LogP contribution in [0.15, 0.2) is 65.4 Å². The molecule has 2 amide bonds. The molecule has 0 bridgehead atoms. The lowest BCUT2D eigenvalue weighted by Crippen LogP contribution is -2.29. The van der Waals surface area contributed by atoms with Gasteiger partial charge in [-0.25, -0.2) is 4.79 Å². The van der Waals surface area contributed by atoms with Gasteiger partial charge in [0.25, 0.3) is 0 Å². The summed E-state index contributed by atoms with van der Waals surface area (Å²) in [6, 6.07) is 17.9. The minimum absolute atomic E-state index is 0.170. The van der Waals surface area contributed by atoms with E-state index >= 15 is 0 Å². The number of nitrogens with one attached hydrogen (secondary N) is 1. The van der Waals surface area contributed by atoms with Gasteiger partial charge in [0, 0.05) is 22.7 Å². The molecule has 0 unspecified atom stereocenters. The average molecular weight is 457 g/mol. The van der Waals surface area contributed by atoms with Crippen molar-refractivity contribution in [2.24, 2.45) is 0 Å². The van der Waals surface area contributed by atoms with Crippen LogP contribution in [0.2, 0.25) is 0 Å². The van der Waals surface area contributed by atoms with Crippen molar-refractivity contribution in [3.63, 3.8) is 0 Å². The number of rotatable bonds is 12. The lowest BCUT2D eigenvalue weighted by Gasteiger charge is -2.21. The fourth-order valence-electron chi connectivity index (χ4n) is 3.11. The van der Waals surface area contributed by atoms with Crippen LogP contribution in [0.4, 0.5) is 4.79 Å². The molecule has 5 nitrogen and oxygen atoms in total. The number of carbonyl (C=O) groups excluding carboxylic acids is 2. The van der Waals surface area contributed by atoms with E-state index < -0.39 is 6.09 Å². The Morgan fingerprint density at radius 2 is 1.52 bits per heavy atom. The molecule has 3 aromatic rings. The first kappa shape index (κ1) is 23.0. The first-order valence-electron chi connectivity index (χ1n) is 10.5. The minimum atomic E-state index is -0.405. The van der Waals surface area contributed by atoms with Gasteiger partial charge in [-0.3, -0.25) is 4.79 Å². The third-order valence-electron chi connectivity index (χ3n) is 4.75. The molecular formula is C24H28N2O3S2. The lowest BCUT2D eigenvalue weighted by atomic mass is 10.2. The van der Waals surface area contributed by atoms with Gasteiger partial charge in [-0.2, -0.15) is 0 Å². The van der Waals surface area contributed by atoms with E-state index in [1.807, 2.05) is 58.1 Å². The van der Waals surface area contributed by atoms with Gasteiger partial charge in [0.05, 0.1) is 19.7 Å². The van der Waals surface area contributed by atoms with Crippen molar-refractivity contribution >= 4 is 34.7 Å². The third kappa shape index (κ3) is 8.55. The van der Waals surface area contributed by atoms with E-state index in [2.05, 4.69) is 17.4 Å². The van der Waals surface area contributed by atoms with Crippen molar-refractivity contribution in [2.75, 3.05) is 6.61 Å². The number of hydrogen-bond donors (Lipinski definition) is 1. The molecule has 1 aromatic carbocycles. The summed E-state index contributed by atoms with van der Waals surface area (Å²) in [5, 5.41) is 6.83. The molecule has 0 fully saturated rings. The second kappa shape index (κ2) is 12.9.